The van der Waals surface area contributed by atoms with E-state index in [1.807, 2.05) is 6.92 Å². The summed E-state index contributed by atoms with van der Waals surface area (Å²) in [6.07, 6.45) is 0.892. The van der Waals surface area contributed by atoms with Gasteiger partial charge in [0.15, 0.2) is 8.38 Å². The Bertz CT molecular complexity index is 77.0. The molecule has 0 saturated carbocycles. The van der Waals surface area contributed by atoms with Crippen molar-refractivity contribution < 1.29 is 9.05 Å². The van der Waals surface area contributed by atoms with Crippen LogP contribution in [0.3, 0.4) is 0 Å². The molecule has 0 aromatic heterocycles. The maximum absolute atomic E-state index is 5.44. The average Bonchev–Trinajstić information content (AvgIpc) is 2.05. The Morgan fingerprint density at radius 3 is 1.82 bits per heavy atom. The number of hydrogen-bond acceptors (Lipinski definition) is 2. The molecule has 0 radical (unpaired) electrons. The van der Waals surface area contributed by atoms with Crippen molar-refractivity contribution in [1.29, 1.82) is 0 Å². The van der Waals surface area contributed by atoms with Crippen LogP contribution in [0, 0.1) is 0 Å². The average molecular weight is 219 g/mol. The second-order valence-electron chi connectivity index (χ2n) is 1.69. The van der Waals surface area contributed by atoms with E-state index in [1.54, 1.807) is 0 Å². The Hall–Kier alpha value is 0.930. The van der Waals surface area contributed by atoms with Crippen molar-refractivity contribution >= 4 is 31.6 Å². The predicted molar refractivity (Wildman–Crippen MR) is 50.8 cm³/mol. The van der Waals surface area contributed by atoms with Gasteiger partial charge in [0.05, 0.1) is 13.2 Å². The largest absolute Gasteiger partial charge is 0.333 e. The summed E-state index contributed by atoms with van der Waals surface area (Å²) >= 11 is 10.9. The van der Waals surface area contributed by atoms with E-state index < -0.39 is 8.38 Å². The molecule has 0 amide bonds. The lowest BCUT2D eigenvalue weighted by Gasteiger charge is -2.13. The molecule has 0 saturated heterocycles. The van der Waals surface area contributed by atoms with Crippen molar-refractivity contribution in [3.8, 4) is 0 Å². The molecule has 0 atom stereocenters. The fourth-order valence-electron chi connectivity index (χ4n) is 0.492. The molecule has 0 aliphatic carbocycles. The van der Waals surface area contributed by atoms with Crippen molar-refractivity contribution in [3.05, 3.63) is 0 Å². The maximum Gasteiger partial charge on any atom is 0.170 e. The molecule has 0 unspecified atom stereocenters. The van der Waals surface area contributed by atoms with Crippen molar-refractivity contribution in [2.24, 2.45) is 0 Å². The van der Waals surface area contributed by atoms with Crippen molar-refractivity contribution in [2.75, 3.05) is 31.1 Å². The van der Waals surface area contributed by atoms with Crippen molar-refractivity contribution in [2.45, 2.75) is 6.92 Å². The number of halogens is 2. The summed E-state index contributed by atoms with van der Waals surface area (Å²) in [5, 5.41) is 0. The lowest BCUT2D eigenvalue weighted by molar-refractivity contribution is 0.273. The van der Waals surface area contributed by atoms with Crippen molar-refractivity contribution in [1.82, 2.24) is 0 Å². The molecule has 5 heteroatoms. The Morgan fingerprint density at radius 1 is 1.09 bits per heavy atom. The zero-order valence-corrected chi connectivity index (χ0v) is 8.96. The van der Waals surface area contributed by atoms with Gasteiger partial charge >= 0.3 is 0 Å². The molecule has 0 aliphatic rings. The SMILES string of the molecule is CCP(OCCCl)OCCCl. The normalized spacial score (nSPS) is 10.9. The molecule has 0 bridgehead atoms. The third-order valence-electron chi connectivity index (χ3n) is 0.883. The number of hydrogen-bond donors (Lipinski definition) is 0. The Labute approximate surface area is 79.1 Å². The molecule has 68 valence electrons. The van der Waals surface area contributed by atoms with Gasteiger partial charge in [0.1, 0.15) is 0 Å². The van der Waals surface area contributed by atoms with Crippen LogP contribution in [0.2, 0.25) is 0 Å². The minimum absolute atomic E-state index is 0.517. The fraction of sp³-hybridized carbons (Fsp3) is 1.00. The highest BCUT2D eigenvalue weighted by Crippen LogP contribution is 2.37. The second-order valence-corrected chi connectivity index (χ2v) is 4.26. The predicted octanol–water partition coefficient (Wildman–Crippen LogP) is 2.83. The van der Waals surface area contributed by atoms with E-state index in [2.05, 4.69) is 0 Å². The first kappa shape index (κ1) is 11.9. The summed E-state index contributed by atoms with van der Waals surface area (Å²) in [6, 6.07) is 0. The van der Waals surface area contributed by atoms with Crippen LogP contribution in [-0.2, 0) is 9.05 Å². The molecule has 0 rings (SSSR count). The quantitative estimate of drug-likeness (QED) is 0.484. The van der Waals surface area contributed by atoms with E-state index in [0.29, 0.717) is 25.0 Å². The monoisotopic (exact) mass is 218 g/mol. The number of rotatable bonds is 7. The summed E-state index contributed by atoms with van der Waals surface area (Å²) in [4.78, 5) is 0. The second kappa shape index (κ2) is 9.02. The van der Waals surface area contributed by atoms with Gasteiger partial charge in [-0.1, -0.05) is 6.92 Å². The Balaban J connectivity index is 3.25. The number of alkyl halides is 2. The van der Waals surface area contributed by atoms with Gasteiger partial charge in [-0.15, -0.1) is 23.2 Å². The van der Waals surface area contributed by atoms with Gasteiger partial charge in [0.25, 0.3) is 0 Å². The highest BCUT2D eigenvalue weighted by atomic mass is 35.5. The van der Waals surface area contributed by atoms with Crippen LogP contribution in [0.25, 0.3) is 0 Å². The third kappa shape index (κ3) is 7.30. The zero-order valence-electron chi connectivity index (χ0n) is 6.56. The summed E-state index contributed by atoms with van der Waals surface area (Å²) in [5.41, 5.74) is 0. The minimum Gasteiger partial charge on any atom is -0.333 e. The van der Waals surface area contributed by atoms with Crippen LogP contribution in [0.1, 0.15) is 6.92 Å². The zero-order chi connectivity index (χ0) is 8.53. The van der Waals surface area contributed by atoms with E-state index in [0.717, 1.165) is 6.16 Å². The standard InChI is InChI=1S/C6H13Cl2O2P/c1-2-11(9-5-3-7)10-6-4-8/h2-6H2,1H3. The smallest absolute Gasteiger partial charge is 0.170 e. The summed E-state index contributed by atoms with van der Waals surface area (Å²) in [5.74, 6) is 1.03. The molecule has 0 fully saturated rings. The first-order chi connectivity index (χ1) is 5.35. The molecular formula is C6H13Cl2O2P. The van der Waals surface area contributed by atoms with E-state index in [1.165, 1.54) is 0 Å². The van der Waals surface area contributed by atoms with Gasteiger partial charge in [0.2, 0.25) is 0 Å². The maximum atomic E-state index is 5.44. The molecule has 2 nitrogen and oxygen atoms in total. The van der Waals surface area contributed by atoms with E-state index in [-0.39, 0.29) is 0 Å². The summed E-state index contributed by atoms with van der Waals surface area (Å²) in [6.45, 7) is 3.14. The molecule has 0 aromatic rings. The van der Waals surface area contributed by atoms with Crippen LogP contribution >= 0.6 is 31.6 Å². The van der Waals surface area contributed by atoms with Crippen molar-refractivity contribution in [3.63, 3.8) is 0 Å². The van der Waals surface area contributed by atoms with Gasteiger partial charge in [-0.2, -0.15) is 0 Å². The van der Waals surface area contributed by atoms with E-state index in [9.17, 15) is 0 Å². The van der Waals surface area contributed by atoms with Gasteiger partial charge in [-0.05, 0) is 0 Å². The van der Waals surface area contributed by atoms with Gasteiger partial charge in [0, 0.05) is 17.9 Å². The molecule has 0 aliphatic heterocycles. The van der Waals surface area contributed by atoms with Crippen LogP contribution in [-0.4, -0.2) is 31.1 Å². The highest BCUT2D eigenvalue weighted by molar-refractivity contribution is 7.47. The third-order valence-corrected chi connectivity index (χ3v) is 2.65. The first-order valence-electron chi connectivity index (χ1n) is 3.50. The molecule has 0 heterocycles. The fourth-order valence-corrected chi connectivity index (χ4v) is 1.89. The van der Waals surface area contributed by atoms with E-state index in [4.69, 9.17) is 32.2 Å². The summed E-state index contributed by atoms with van der Waals surface area (Å²) in [7, 11) is -0.739. The van der Waals surface area contributed by atoms with Crippen LogP contribution < -0.4 is 0 Å². The Kier molecular flexibility index (Phi) is 9.78. The lowest BCUT2D eigenvalue weighted by Crippen LogP contribution is -1.98. The lowest BCUT2D eigenvalue weighted by atomic mass is 10.9. The molecule has 0 N–H and O–H groups in total. The highest BCUT2D eigenvalue weighted by Gasteiger charge is 2.05. The van der Waals surface area contributed by atoms with Crippen LogP contribution in [0.5, 0.6) is 0 Å². The minimum atomic E-state index is -0.739. The molecular weight excluding hydrogens is 206 g/mol. The molecule has 0 spiro atoms. The molecule has 0 aromatic carbocycles. The Morgan fingerprint density at radius 2 is 1.55 bits per heavy atom. The molecule has 11 heavy (non-hydrogen) atoms. The van der Waals surface area contributed by atoms with Crippen LogP contribution in [0.15, 0.2) is 0 Å². The topological polar surface area (TPSA) is 18.5 Å². The van der Waals surface area contributed by atoms with E-state index >= 15 is 0 Å². The van der Waals surface area contributed by atoms with Gasteiger partial charge in [-0.3, -0.25) is 0 Å². The van der Waals surface area contributed by atoms with Gasteiger partial charge < -0.3 is 9.05 Å². The first-order valence-corrected chi connectivity index (χ1v) is 5.93. The van der Waals surface area contributed by atoms with Gasteiger partial charge in [-0.25, -0.2) is 0 Å². The van der Waals surface area contributed by atoms with Crippen LogP contribution in [0.4, 0.5) is 0 Å². The summed E-state index contributed by atoms with van der Waals surface area (Å²) < 4.78 is 10.6.